The Morgan fingerprint density at radius 2 is 1.38 bits per heavy atom. The maximum Gasteiger partial charge on any atom is 0.143 e. The van der Waals surface area contributed by atoms with Crippen LogP contribution >= 0.6 is 0 Å². The first kappa shape index (κ1) is 13.7. The Hall–Kier alpha value is -3.52. The van der Waals surface area contributed by atoms with Gasteiger partial charge in [0.2, 0.25) is 0 Å². The van der Waals surface area contributed by atoms with Crippen molar-refractivity contribution in [3.63, 3.8) is 0 Å². The summed E-state index contributed by atoms with van der Waals surface area (Å²) in [7, 11) is 0. The number of hydrogen-bond donors (Lipinski definition) is 0. The van der Waals surface area contributed by atoms with Crippen LogP contribution in [0.4, 0.5) is 0 Å². The Morgan fingerprint density at radius 3 is 2.35 bits per heavy atom. The molecule has 0 N–H and O–H groups in total. The van der Waals surface area contributed by atoms with Crippen molar-refractivity contribution in [3.05, 3.63) is 91.2 Å². The van der Waals surface area contributed by atoms with Gasteiger partial charge in [0, 0.05) is 16.2 Å². The lowest BCUT2D eigenvalue weighted by Gasteiger charge is -2.11. The fraction of sp³-hybridized carbons (Fsp3) is 0. The topological polar surface area (TPSA) is 18.1 Å². The minimum absolute atomic E-state index is 0.956. The van der Waals surface area contributed by atoms with Crippen LogP contribution in [0.3, 0.4) is 0 Å². The Labute approximate surface area is 149 Å². The van der Waals surface area contributed by atoms with Gasteiger partial charge in [0.05, 0.1) is 28.4 Å². The largest absolute Gasteiger partial charge is 0.464 e. The Bertz CT molecular complexity index is 1430. The molecule has 0 radical (unpaired) electrons. The Morgan fingerprint density at radius 1 is 0.577 bits per heavy atom. The molecule has 0 unspecified atom stereocenters. The van der Waals surface area contributed by atoms with Crippen molar-refractivity contribution in [3.8, 4) is 5.69 Å². The second-order valence-electron chi connectivity index (χ2n) is 6.65. The summed E-state index contributed by atoms with van der Waals surface area (Å²) in [6.45, 7) is 0. The summed E-state index contributed by atoms with van der Waals surface area (Å²) < 4.78 is 8.22. The normalized spacial score (nSPS) is 11.8. The molecule has 0 saturated carbocycles. The Balaban J connectivity index is 1.89. The van der Waals surface area contributed by atoms with Crippen LogP contribution in [-0.4, -0.2) is 4.57 Å². The number of furan rings is 1. The highest BCUT2D eigenvalue weighted by atomic mass is 16.3. The number of benzene rings is 4. The molecule has 122 valence electrons. The van der Waals surface area contributed by atoms with E-state index in [0.717, 1.165) is 11.0 Å². The van der Waals surface area contributed by atoms with Crippen molar-refractivity contribution in [1.82, 2.24) is 4.57 Å². The van der Waals surface area contributed by atoms with Crippen LogP contribution in [0.2, 0.25) is 0 Å². The lowest BCUT2D eigenvalue weighted by atomic mass is 10.1. The summed E-state index contributed by atoms with van der Waals surface area (Å²) in [6.07, 6.45) is 1.77. The highest BCUT2D eigenvalue weighted by molar-refractivity contribution is 6.20. The predicted molar refractivity (Wildman–Crippen MR) is 108 cm³/mol. The molecule has 0 bridgehead atoms. The molecule has 0 spiro atoms. The number of rotatable bonds is 1. The van der Waals surface area contributed by atoms with Gasteiger partial charge in [-0.1, -0.05) is 54.6 Å². The molecule has 26 heavy (non-hydrogen) atoms. The van der Waals surface area contributed by atoms with E-state index in [0.29, 0.717) is 0 Å². The molecular weight excluding hydrogens is 318 g/mol. The molecule has 0 amide bonds. The lowest BCUT2D eigenvalue weighted by molar-refractivity contribution is 0.619. The summed E-state index contributed by atoms with van der Waals surface area (Å²) in [4.78, 5) is 0. The standard InChI is InChI=1S/C24H15NO/c1-2-8-18-16(6-1)7-5-11-20(18)25-21-10-4-3-9-19(21)23-22(25)13-12-17-14-15-26-24(17)23/h1-15H. The van der Waals surface area contributed by atoms with Crippen molar-refractivity contribution in [2.24, 2.45) is 0 Å². The third-order valence-corrected chi connectivity index (χ3v) is 5.26. The zero-order valence-corrected chi connectivity index (χ0v) is 14.0. The first-order chi connectivity index (χ1) is 12.9. The van der Waals surface area contributed by atoms with Gasteiger partial charge >= 0.3 is 0 Å². The monoisotopic (exact) mass is 333 g/mol. The van der Waals surface area contributed by atoms with Crippen molar-refractivity contribution in [2.45, 2.75) is 0 Å². The average Bonchev–Trinajstić information content (AvgIpc) is 3.29. The number of para-hydroxylation sites is 1. The van der Waals surface area contributed by atoms with Crippen LogP contribution in [0.1, 0.15) is 0 Å². The first-order valence-corrected chi connectivity index (χ1v) is 8.79. The molecule has 2 aromatic heterocycles. The van der Waals surface area contributed by atoms with Crippen molar-refractivity contribution >= 4 is 43.5 Å². The quantitative estimate of drug-likeness (QED) is 0.328. The molecule has 6 rings (SSSR count). The van der Waals surface area contributed by atoms with Crippen LogP contribution in [0.15, 0.2) is 95.6 Å². The minimum Gasteiger partial charge on any atom is -0.464 e. The summed E-state index contributed by atoms with van der Waals surface area (Å²) in [5.41, 5.74) is 4.52. The van der Waals surface area contributed by atoms with E-state index in [1.54, 1.807) is 6.26 Å². The van der Waals surface area contributed by atoms with E-state index in [-0.39, 0.29) is 0 Å². The van der Waals surface area contributed by atoms with Crippen LogP contribution in [0.25, 0.3) is 49.2 Å². The zero-order chi connectivity index (χ0) is 17.1. The molecule has 6 aromatic rings. The molecule has 0 aliphatic rings. The molecule has 0 aliphatic heterocycles. The highest BCUT2D eigenvalue weighted by Gasteiger charge is 2.16. The van der Waals surface area contributed by atoms with Crippen molar-refractivity contribution in [1.29, 1.82) is 0 Å². The van der Waals surface area contributed by atoms with Gasteiger partial charge in [0.1, 0.15) is 5.58 Å². The number of fused-ring (bicyclic) bond motifs is 6. The lowest BCUT2D eigenvalue weighted by Crippen LogP contribution is -1.94. The summed E-state index contributed by atoms with van der Waals surface area (Å²) in [5.74, 6) is 0. The van der Waals surface area contributed by atoms with E-state index in [9.17, 15) is 0 Å². The highest BCUT2D eigenvalue weighted by Crippen LogP contribution is 2.38. The average molecular weight is 333 g/mol. The fourth-order valence-corrected chi connectivity index (χ4v) is 4.14. The second kappa shape index (κ2) is 4.99. The number of nitrogens with zero attached hydrogens (tertiary/aromatic N) is 1. The molecule has 0 aliphatic carbocycles. The number of hydrogen-bond acceptors (Lipinski definition) is 1. The van der Waals surface area contributed by atoms with E-state index in [2.05, 4.69) is 83.4 Å². The van der Waals surface area contributed by atoms with Crippen LogP contribution in [0.5, 0.6) is 0 Å². The fourth-order valence-electron chi connectivity index (χ4n) is 4.14. The molecule has 2 heterocycles. The maximum atomic E-state index is 5.86. The van der Waals surface area contributed by atoms with Gasteiger partial charge in [-0.25, -0.2) is 0 Å². The van der Waals surface area contributed by atoms with Crippen LogP contribution < -0.4 is 0 Å². The molecule has 2 nitrogen and oxygen atoms in total. The zero-order valence-electron chi connectivity index (χ0n) is 14.0. The molecule has 2 heteroatoms. The van der Waals surface area contributed by atoms with Gasteiger partial charge < -0.3 is 8.98 Å². The van der Waals surface area contributed by atoms with Gasteiger partial charge in [0.25, 0.3) is 0 Å². The van der Waals surface area contributed by atoms with Crippen molar-refractivity contribution in [2.75, 3.05) is 0 Å². The van der Waals surface area contributed by atoms with Gasteiger partial charge in [-0.2, -0.15) is 0 Å². The Kier molecular flexibility index (Phi) is 2.64. The molecule has 0 saturated heterocycles. The molecular formula is C24H15NO. The van der Waals surface area contributed by atoms with Gasteiger partial charge in [0.15, 0.2) is 0 Å². The van der Waals surface area contributed by atoms with Crippen molar-refractivity contribution < 1.29 is 4.42 Å². The molecule has 4 aromatic carbocycles. The van der Waals surface area contributed by atoms with Crippen LogP contribution in [-0.2, 0) is 0 Å². The minimum atomic E-state index is 0.956. The van der Waals surface area contributed by atoms with Gasteiger partial charge in [-0.15, -0.1) is 0 Å². The van der Waals surface area contributed by atoms with E-state index in [4.69, 9.17) is 4.42 Å². The van der Waals surface area contributed by atoms with Crippen LogP contribution in [0, 0.1) is 0 Å². The first-order valence-electron chi connectivity index (χ1n) is 8.79. The smallest absolute Gasteiger partial charge is 0.143 e. The number of aromatic nitrogens is 1. The predicted octanol–water partition coefficient (Wildman–Crippen LogP) is 6.68. The SMILES string of the molecule is c1ccc2c(-n3c4ccccc4c4c5occc5ccc43)cccc2c1. The summed E-state index contributed by atoms with van der Waals surface area (Å²) in [5, 5.41) is 6.03. The third-order valence-electron chi connectivity index (χ3n) is 5.26. The summed E-state index contributed by atoms with van der Waals surface area (Å²) >= 11 is 0. The van der Waals surface area contributed by atoms with Gasteiger partial charge in [-0.05, 0) is 35.7 Å². The maximum absolute atomic E-state index is 5.86. The van der Waals surface area contributed by atoms with E-state index >= 15 is 0 Å². The van der Waals surface area contributed by atoms with Gasteiger partial charge in [-0.3, -0.25) is 0 Å². The third kappa shape index (κ3) is 1.71. The van der Waals surface area contributed by atoms with E-state index < -0.39 is 0 Å². The van der Waals surface area contributed by atoms with E-state index in [1.807, 2.05) is 6.07 Å². The molecule has 0 fully saturated rings. The molecule has 0 atom stereocenters. The second-order valence-corrected chi connectivity index (χ2v) is 6.65. The summed E-state index contributed by atoms with van der Waals surface area (Å²) in [6, 6.07) is 30.0. The van der Waals surface area contributed by atoms with E-state index in [1.165, 1.54) is 38.3 Å².